The first-order valence-corrected chi connectivity index (χ1v) is 12.0. The zero-order valence-corrected chi connectivity index (χ0v) is 19.6. The van der Waals surface area contributed by atoms with Crippen molar-refractivity contribution in [3.05, 3.63) is 29.3 Å². The van der Waals surface area contributed by atoms with Gasteiger partial charge < -0.3 is 20.6 Å². The number of benzene rings is 1. The Hall–Kier alpha value is -1.29. The number of fused-ring (bicyclic) bond motifs is 1. The maximum Gasteiger partial charge on any atom is 0.248 e. The lowest BCUT2D eigenvalue weighted by Gasteiger charge is -2.36. The van der Waals surface area contributed by atoms with Crippen molar-refractivity contribution in [3.8, 4) is 0 Å². The summed E-state index contributed by atoms with van der Waals surface area (Å²) in [4.78, 5) is 41.2. The summed E-state index contributed by atoms with van der Waals surface area (Å²) in [7, 11) is 1.56. The van der Waals surface area contributed by atoms with Gasteiger partial charge in [-0.1, -0.05) is 27.5 Å². The Morgan fingerprint density at radius 1 is 1.37 bits per heavy atom. The molecular formula is C20H23BrClN3O4S. The summed E-state index contributed by atoms with van der Waals surface area (Å²) in [5.41, 5.74) is 0.573. The molecule has 0 saturated carbocycles. The van der Waals surface area contributed by atoms with Crippen LogP contribution in [0.5, 0.6) is 0 Å². The molecule has 3 aliphatic rings. The van der Waals surface area contributed by atoms with Gasteiger partial charge in [-0.2, -0.15) is 0 Å². The highest BCUT2D eigenvalue weighted by molar-refractivity contribution is 9.09. The van der Waals surface area contributed by atoms with Gasteiger partial charge in [0.15, 0.2) is 0 Å². The first-order valence-electron chi connectivity index (χ1n) is 9.78. The number of amides is 3. The molecule has 0 aromatic heterocycles. The summed E-state index contributed by atoms with van der Waals surface area (Å²) in [6.45, 7) is 1.45. The van der Waals surface area contributed by atoms with Crippen LogP contribution in [0.2, 0.25) is 5.02 Å². The van der Waals surface area contributed by atoms with Crippen LogP contribution in [0, 0.1) is 11.8 Å². The first kappa shape index (κ1) is 21.9. The Bertz CT molecular complexity index is 887. The van der Waals surface area contributed by atoms with Crippen LogP contribution in [0.15, 0.2) is 24.3 Å². The molecule has 3 unspecified atom stereocenters. The fourth-order valence-corrected chi connectivity index (χ4v) is 8.87. The summed E-state index contributed by atoms with van der Waals surface area (Å²) in [6.07, 6.45) is 0.597. The topological polar surface area (TPSA) is 98.7 Å². The summed E-state index contributed by atoms with van der Waals surface area (Å²) in [6, 6.07) is 5.42. The van der Waals surface area contributed by atoms with Crippen molar-refractivity contribution in [2.24, 2.45) is 11.8 Å². The van der Waals surface area contributed by atoms with Gasteiger partial charge in [0.05, 0.1) is 29.2 Å². The van der Waals surface area contributed by atoms with Crippen molar-refractivity contribution in [2.45, 2.75) is 40.3 Å². The second-order valence-electron chi connectivity index (χ2n) is 8.05. The number of anilines is 1. The highest BCUT2D eigenvalue weighted by Crippen LogP contribution is 2.67. The maximum atomic E-state index is 13.5. The van der Waals surface area contributed by atoms with Crippen molar-refractivity contribution in [1.82, 2.24) is 10.2 Å². The molecule has 10 heteroatoms. The summed E-state index contributed by atoms with van der Waals surface area (Å²) >= 11 is 11.2. The lowest BCUT2D eigenvalue weighted by Crippen LogP contribution is -2.54. The first-order chi connectivity index (χ1) is 14.2. The third-order valence-electron chi connectivity index (χ3n) is 6.38. The van der Waals surface area contributed by atoms with Gasteiger partial charge >= 0.3 is 0 Å². The van der Waals surface area contributed by atoms with Crippen molar-refractivity contribution in [3.63, 3.8) is 0 Å². The van der Waals surface area contributed by atoms with Gasteiger partial charge in [0.2, 0.25) is 17.7 Å². The summed E-state index contributed by atoms with van der Waals surface area (Å²) < 4.78 is -0.729. The molecule has 0 aliphatic carbocycles. The zero-order chi connectivity index (χ0) is 21.8. The molecule has 3 fully saturated rings. The van der Waals surface area contributed by atoms with E-state index < -0.39 is 28.7 Å². The molecule has 3 heterocycles. The number of nitrogens with one attached hydrogen (secondary N) is 2. The Kier molecular flexibility index (Phi) is 5.85. The van der Waals surface area contributed by atoms with Crippen LogP contribution in [-0.2, 0) is 14.4 Å². The smallest absolute Gasteiger partial charge is 0.248 e. The standard InChI is InChI=1S/C20H23BrClN3O4S/c1-9(8-26)25-16(18(28)24-11-5-3-10(22)4-6-11)20-7-12(21)15(30-20)13(17(27)23-2)14(20)19(25)29/h3-6,9,12-16,26H,7-8H2,1-2H3,(H,23,27)(H,24,28)/t9-,12?,13+,14+,15+,16?,20?/m1/s1. The third kappa shape index (κ3) is 3.16. The average Bonchev–Trinajstić information content (AvgIpc) is 3.32. The number of aliphatic hydroxyl groups is 1. The van der Waals surface area contributed by atoms with E-state index in [9.17, 15) is 19.5 Å². The van der Waals surface area contributed by atoms with Gasteiger partial charge in [-0.3, -0.25) is 14.4 Å². The monoisotopic (exact) mass is 515 g/mol. The van der Waals surface area contributed by atoms with E-state index >= 15 is 0 Å². The Morgan fingerprint density at radius 3 is 2.63 bits per heavy atom. The van der Waals surface area contributed by atoms with Crippen LogP contribution in [0.4, 0.5) is 5.69 Å². The molecule has 1 spiro atoms. The minimum absolute atomic E-state index is 0.0177. The molecule has 7 atom stereocenters. The largest absolute Gasteiger partial charge is 0.394 e. The predicted molar refractivity (Wildman–Crippen MR) is 120 cm³/mol. The van der Waals surface area contributed by atoms with Gasteiger partial charge in [-0.25, -0.2) is 0 Å². The molecule has 7 nitrogen and oxygen atoms in total. The van der Waals surface area contributed by atoms with E-state index in [1.807, 2.05) is 0 Å². The molecule has 30 heavy (non-hydrogen) atoms. The minimum atomic E-state index is -0.794. The Labute approximate surface area is 192 Å². The maximum absolute atomic E-state index is 13.5. The normalized spacial score (nSPS) is 35.3. The number of carbonyl (C=O) groups excluding carboxylic acids is 3. The SMILES string of the molecule is CNC(=O)[C@H]1[C@H]2C(=O)N([C@H](C)CO)C(C(=O)Nc3ccc(Cl)cc3)C23CC(Br)[C@@H]1S3. The fraction of sp³-hybridized carbons (Fsp3) is 0.550. The second kappa shape index (κ2) is 8.00. The van der Waals surface area contributed by atoms with Crippen molar-refractivity contribution >= 4 is 62.7 Å². The molecule has 1 aromatic rings. The Morgan fingerprint density at radius 2 is 2.03 bits per heavy atom. The third-order valence-corrected chi connectivity index (χ3v) is 9.85. The van der Waals surface area contributed by atoms with Crippen LogP contribution in [-0.4, -0.2) is 68.3 Å². The summed E-state index contributed by atoms with van der Waals surface area (Å²) in [5, 5.41) is 15.9. The van der Waals surface area contributed by atoms with Crippen LogP contribution in [0.25, 0.3) is 0 Å². The van der Waals surface area contributed by atoms with Gasteiger partial charge in [0, 0.05) is 27.8 Å². The van der Waals surface area contributed by atoms with E-state index in [4.69, 9.17) is 11.6 Å². The number of thioether (sulfide) groups is 1. The quantitative estimate of drug-likeness (QED) is 0.519. The van der Waals surface area contributed by atoms with Gasteiger partial charge in [0.1, 0.15) is 6.04 Å². The minimum Gasteiger partial charge on any atom is -0.394 e. The van der Waals surface area contributed by atoms with Crippen LogP contribution >= 0.6 is 39.3 Å². The predicted octanol–water partition coefficient (Wildman–Crippen LogP) is 1.87. The number of halogens is 2. The molecule has 3 N–H and O–H groups in total. The Balaban J connectivity index is 1.75. The van der Waals surface area contributed by atoms with Crippen molar-refractivity contribution in [1.29, 1.82) is 0 Å². The number of carbonyl (C=O) groups is 3. The molecule has 1 aromatic carbocycles. The molecule has 3 saturated heterocycles. The average molecular weight is 517 g/mol. The molecule has 4 rings (SSSR count). The van der Waals surface area contributed by atoms with E-state index in [1.54, 1.807) is 50.0 Å². The van der Waals surface area contributed by atoms with Crippen LogP contribution < -0.4 is 10.6 Å². The van der Waals surface area contributed by atoms with E-state index in [-0.39, 0.29) is 34.4 Å². The lowest BCUT2D eigenvalue weighted by molar-refractivity contribution is -0.141. The van der Waals surface area contributed by atoms with Crippen molar-refractivity contribution in [2.75, 3.05) is 19.0 Å². The molecular weight excluding hydrogens is 494 g/mol. The lowest BCUT2D eigenvalue weighted by atomic mass is 9.70. The molecule has 162 valence electrons. The number of hydrogen-bond acceptors (Lipinski definition) is 5. The van der Waals surface area contributed by atoms with Crippen LogP contribution in [0.3, 0.4) is 0 Å². The number of aliphatic hydroxyl groups excluding tert-OH is 1. The van der Waals surface area contributed by atoms with E-state index in [0.29, 0.717) is 17.1 Å². The number of rotatable bonds is 5. The van der Waals surface area contributed by atoms with E-state index in [1.165, 1.54) is 4.90 Å². The van der Waals surface area contributed by atoms with Crippen molar-refractivity contribution < 1.29 is 19.5 Å². The molecule has 0 radical (unpaired) electrons. The van der Waals surface area contributed by atoms with Gasteiger partial charge in [-0.05, 0) is 37.6 Å². The van der Waals surface area contributed by atoms with E-state index in [2.05, 4.69) is 26.6 Å². The number of likely N-dealkylation sites (tertiary alicyclic amines) is 1. The highest BCUT2D eigenvalue weighted by Gasteiger charge is 2.75. The summed E-state index contributed by atoms with van der Waals surface area (Å²) in [5.74, 6) is -1.87. The molecule has 3 aliphatic heterocycles. The van der Waals surface area contributed by atoms with E-state index in [0.717, 1.165) is 0 Å². The van der Waals surface area contributed by atoms with Gasteiger partial charge in [0.25, 0.3) is 0 Å². The zero-order valence-electron chi connectivity index (χ0n) is 16.5. The molecule has 3 amide bonds. The van der Waals surface area contributed by atoms with Crippen LogP contribution in [0.1, 0.15) is 13.3 Å². The van der Waals surface area contributed by atoms with Gasteiger partial charge in [-0.15, -0.1) is 11.8 Å². The number of nitrogens with zero attached hydrogens (tertiary/aromatic N) is 1. The molecule has 2 bridgehead atoms. The number of alkyl halides is 1. The fourth-order valence-electron chi connectivity index (χ4n) is 5.14. The second-order valence-corrected chi connectivity index (χ2v) is 11.2. The number of hydrogen-bond donors (Lipinski definition) is 3. The highest BCUT2D eigenvalue weighted by atomic mass is 79.9.